The van der Waals surface area contributed by atoms with E-state index in [1.165, 1.54) is 6.92 Å². The number of hydrogen-bond donors (Lipinski definition) is 1. The van der Waals surface area contributed by atoms with Crippen LogP contribution in [0.2, 0.25) is 0 Å². The molecule has 1 aliphatic heterocycles. The molecular formula is C23H28N2O5. The Morgan fingerprint density at radius 1 is 1.17 bits per heavy atom. The van der Waals surface area contributed by atoms with E-state index in [1.807, 2.05) is 51.1 Å². The maximum absolute atomic E-state index is 12.8. The highest BCUT2D eigenvalue weighted by Crippen LogP contribution is 2.42. The van der Waals surface area contributed by atoms with Crippen LogP contribution in [0.5, 0.6) is 5.75 Å². The molecule has 0 aliphatic carbocycles. The van der Waals surface area contributed by atoms with Crippen LogP contribution < -0.4 is 15.4 Å². The van der Waals surface area contributed by atoms with Crippen LogP contribution in [0.25, 0.3) is 0 Å². The number of carbonyl (C=O) groups excluding carboxylic acids is 2. The molecule has 3 rings (SSSR count). The molecular weight excluding hydrogens is 384 g/mol. The molecule has 1 aliphatic rings. The van der Waals surface area contributed by atoms with E-state index >= 15 is 0 Å². The smallest absolute Gasteiger partial charge is 0.414 e. The first-order chi connectivity index (χ1) is 14.1. The highest BCUT2D eigenvalue weighted by molar-refractivity contribution is 5.92. The number of nitrogens with two attached hydrogens (primary N) is 1. The number of nitrogens with zero attached hydrogens (tertiary/aromatic N) is 1. The third-order valence-corrected chi connectivity index (χ3v) is 4.63. The number of rotatable bonds is 5. The normalized spacial score (nSPS) is 15.5. The predicted octanol–water partition coefficient (Wildman–Crippen LogP) is 4.25. The van der Waals surface area contributed by atoms with Crippen LogP contribution in [0.1, 0.15) is 44.7 Å². The SMILES string of the molecule is CC(=O)OC[C@@H]1CN(C(=O)OC(C)(C)C)c2cc(OCc3ccccc3)c(N)cc21. The van der Waals surface area contributed by atoms with Crippen molar-refractivity contribution in [2.45, 2.75) is 45.8 Å². The van der Waals surface area contributed by atoms with Gasteiger partial charge in [-0.25, -0.2) is 4.79 Å². The minimum Gasteiger partial charge on any atom is -0.487 e. The van der Waals surface area contributed by atoms with Crippen molar-refractivity contribution >= 4 is 23.4 Å². The van der Waals surface area contributed by atoms with Crippen molar-refractivity contribution in [3.63, 3.8) is 0 Å². The molecule has 1 atom stereocenters. The summed E-state index contributed by atoms with van der Waals surface area (Å²) < 4.78 is 16.7. The van der Waals surface area contributed by atoms with Crippen molar-refractivity contribution in [3.05, 3.63) is 53.6 Å². The van der Waals surface area contributed by atoms with Gasteiger partial charge in [0.1, 0.15) is 18.0 Å². The standard InChI is InChI=1S/C23H28N2O5/c1-15(26)28-14-17-12-25(22(27)30-23(2,3)4)20-11-21(19(24)10-18(17)20)29-13-16-8-6-5-7-9-16/h5-11,17H,12-14,24H2,1-4H3/t17-/m0/s1. The van der Waals surface area contributed by atoms with Gasteiger partial charge in [-0.15, -0.1) is 0 Å². The third kappa shape index (κ3) is 5.23. The second kappa shape index (κ2) is 8.65. The van der Waals surface area contributed by atoms with Gasteiger partial charge in [0.25, 0.3) is 0 Å². The Bertz CT molecular complexity index is 921. The summed E-state index contributed by atoms with van der Waals surface area (Å²) in [5.74, 6) is -0.0794. The van der Waals surface area contributed by atoms with Gasteiger partial charge in [-0.05, 0) is 38.0 Å². The lowest BCUT2D eigenvalue weighted by molar-refractivity contribution is -0.141. The van der Waals surface area contributed by atoms with Crippen molar-refractivity contribution < 1.29 is 23.8 Å². The first-order valence-electron chi connectivity index (χ1n) is 9.88. The maximum atomic E-state index is 12.8. The molecule has 0 radical (unpaired) electrons. The van der Waals surface area contributed by atoms with Crippen LogP contribution in [-0.4, -0.2) is 30.8 Å². The molecule has 0 unspecified atom stereocenters. The van der Waals surface area contributed by atoms with Crippen molar-refractivity contribution in [3.8, 4) is 5.75 Å². The fourth-order valence-electron chi connectivity index (χ4n) is 3.29. The molecule has 7 nitrogen and oxygen atoms in total. The van der Waals surface area contributed by atoms with E-state index < -0.39 is 11.7 Å². The van der Waals surface area contributed by atoms with Crippen molar-refractivity contribution in [1.82, 2.24) is 0 Å². The van der Waals surface area contributed by atoms with Gasteiger partial charge in [0, 0.05) is 25.5 Å². The molecule has 0 saturated heterocycles. The Balaban J connectivity index is 1.88. The largest absolute Gasteiger partial charge is 0.487 e. The minimum atomic E-state index is -0.633. The quantitative estimate of drug-likeness (QED) is 0.583. The van der Waals surface area contributed by atoms with Gasteiger partial charge in [-0.3, -0.25) is 9.69 Å². The number of anilines is 2. The maximum Gasteiger partial charge on any atom is 0.414 e. The summed E-state index contributed by atoms with van der Waals surface area (Å²) >= 11 is 0. The lowest BCUT2D eigenvalue weighted by Gasteiger charge is -2.25. The Labute approximate surface area is 176 Å². The number of benzene rings is 2. The fourth-order valence-corrected chi connectivity index (χ4v) is 3.29. The summed E-state index contributed by atoms with van der Waals surface area (Å²) in [5, 5.41) is 0. The number of hydrogen-bond acceptors (Lipinski definition) is 6. The molecule has 1 amide bonds. The number of nitrogen functional groups attached to an aromatic ring is 1. The molecule has 160 valence electrons. The first kappa shape index (κ1) is 21.5. The van der Waals surface area contributed by atoms with E-state index in [1.54, 1.807) is 17.0 Å². The van der Waals surface area contributed by atoms with Crippen LogP contribution in [0.3, 0.4) is 0 Å². The summed E-state index contributed by atoms with van der Waals surface area (Å²) in [7, 11) is 0. The van der Waals surface area contributed by atoms with E-state index in [-0.39, 0.29) is 18.5 Å². The number of ether oxygens (including phenoxy) is 3. The monoisotopic (exact) mass is 412 g/mol. The van der Waals surface area contributed by atoms with E-state index in [0.29, 0.717) is 30.3 Å². The molecule has 0 aromatic heterocycles. The lowest BCUT2D eigenvalue weighted by atomic mass is 10.0. The molecule has 1 heterocycles. The zero-order chi connectivity index (χ0) is 21.9. The van der Waals surface area contributed by atoms with E-state index in [2.05, 4.69) is 0 Å². The summed E-state index contributed by atoms with van der Waals surface area (Å²) in [6, 6.07) is 13.3. The number of fused-ring (bicyclic) bond motifs is 1. The number of esters is 1. The van der Waals surface area contributed by atoms with Gasteiger partial charge in [-0.2, -0.15) is 0 Å². The fraction of sp³-hybridized carbons (Fsp3) is 0.391. The molecule has 0 spiro atoms. The second-order valence-corrected chi connectivity index (χ2v) is 8.31. The van der Waals surface area contributed by atoms with Gasteiger partial charge < -0.3 is 19.9 Å². The number of carbonyl (C=O) groups is 2. The molecule has 0 saturated carbocycles. The zero-order valence-corrected chi connectivity index (χ0v) is 17.8. The van der Waals surface area contributed by atoms with Gasteiger partial charge in [0.15, 0.2) is 0 Å². The number of amides is 1. The van der Waals surface area contributed by atoms with Crippen molar-refractivity contribution in [2.75, 3.05) is 23.8 Å². The van der Waals surface area contributed by atoms with Crippen LogP contribution in [0, 0.1) is 0 Å². The van der Waals surface area contributed by atoms with E-state index in [4.69, 9.17) is 19.9 Å². The average molecular weight is 412 g/mol. The Kier molecular flexibility index (Phi) is 6.20. The summed E-state index contributed by atoms with van der Waals surface area (Å²) in [5.41, 5.74) is 8.55. The third-order valence-electron chi connectivity index (χ3n) is 4.63. The van der Waals surface area contributed by atoms with Crippen LogP contribution >= 0.6 is 0 Å². The molecule has 2 N–H and O–H groups in total. The van der Waals surface area contributed by atoms with E-state index in [9.17, 15) is 9.59 Å². The molecule has 7 heteroatoms. The molecule has 2 aromatic rings. The second-order valence-electron chi connectivity index (χ2n) is 8.31. The Morgan fingerprint density at radius 2 is 1.87 bits per heavy atom. The van der Waals surface area contributed by atoms with Crippen molar-refractivity contribution in [2.24, 2.45) is 0 Å². The highest BCUT2D eigenvalue weighted by atomic mass is 16.6. The Morgan fingerprint density at radius 3 is 2.50 bits per heavy atom. The average Bonchev–Trinajstić information content (AvgIpc) is 3.01. The van der Waals surface area contributed by atoms with Crippen LogP contribution in [0.4, 0.5) is 16.2 Å². The molecule has 2 aromatic carbocycles. The van der Waals surface area contributed by atoms with Gasteiger partial charge in [-0.1, -0.05) is 30.3 Å². The zero-order valence-electron chi connectivity index (χ0n) is 17.8. The van der Waals surface area contributed by atoms with Gasteiger partial charge >= 0.3 is 12.1 Å². The van der Waals surface area contributed by atoms with E-state index in [0.717, 1.165) is 11.1 Å². The molecule has 0 fully saturated rings. The Hall–Kier alpha value is -3.22. The summed E-state index contributed by atoms with van der Waals surface area (Å²) in [4.78, 5) is 25.6. The molecule has 30 heavy (non-hydrogen) atoms. The van der Waals surface area contributed by atoms with Crippen LogP contribution in [0.15, 0.2) is 42.5 Å². The highest BCUT2D eigenvalue weighted by Gasteiger charge is 2.36. The van der Waals surface area contributed by atoms with Crippen molar-refractivity contribution in [1.29, 1.82) is 0 Å². The molecule has 0 bridgehead atoms. The first-order valence-corrected chi connectivity index (χ1v) is 9.88. The lowest BCUT2D eigenvalue weighted by Crippen LogP contribution is -2.36. The minimum absolute atomic E-state index is 0.158. The van der Waals surface area contributed by atoms with Crippen LogP contribution in [-0.2, 0) is 20.9 Å². The predicted molar refractivity (Wildman–Crippen MR) is 115 cm³/mol. The van der Waals surface area contributed by atoms with Gasteiger partial charge in [0.05, 0.1) is 18.0 Å². The van der Waals surface area contributed by atoms with Gasteiger partial charge in [0.2, 0.25) is 0 Å². The topological polar surface area (TPSA) is 91.1 Å². The summed E-state index contributed by atoms with van der Waals surface area (Å²) in [6.07, 6.45) is -0.465. The summed E-state index contributed by atoms with van der Waals surface area (Å²) in [6.45, 7) is 7.65.